The van der Waals surface area contributed by atoms with Gasteiger partial charge in [-0.2, -0.15) is 5.10 Å². The van der Waals surface area contributed by atoms with Gasteiger partial charge in [0.2, 0.25) is 10.0 Å². The average molecular weight is 391 g/mol. The summed E-state index contributed by atoms with van der Waals surface area (Å²) in [6.45, 7) is 1.07. The molecule has 0 aromatic heterocycles. The monoisotopic (exact) mass is 391 g/mol. The van der Waals surface area contributed by atoms with Gasteiger partial charge in [-0.05, 0) is 43.3 Å². The highest BCUT2D eigenvalue weighted by Crippen LogP contribution is 2.22. The van der Waals surface area contributed by atoms with E-state index in [1.807, 2.05) is 0 Å². The second kappa shape index (κ2) is 9.04. The summed E-state index contributed by atoms with van der Waals surface area (Å²) in [5.74, 6) is -0.184. The molecule has 2 rings (SSSR count). The highest BCUT2D eigenvalue weighted by atomic mass is 32.2. The number of hydrogen-bond acceptors (Lipinski definition) is 6. The third-order valence-corrected chi connectivity index (χ3v) is 5.42. The van der Waals surface area contributed by atoms with Gasteiger partial charge in [-0.15, -0.1) is 0 Å². The molecule has 0 bridgehead atoms. The van der Waals surface area contributed by atoms with Gasteiger partial charge in [0.05, 0.1) is 24.8 Å². The Morgan fingerprint density at radius 3 is 2.48 bits per heavy atom. The maximum atomic E-state index is 12.4. The summed E-state index contributed by atoms with van der Waals surface area (Å²) in [6.07, 6.45) is 1.28. The van der Waals surface area contributed by atoms with Gasteiger partial charge in [0.25, 0.3) is 5.91 Å². The topological polar surface area (TPSA) is 108 Å². The number of benzene rings is 2. The van der Waals surface area contributed by atoms with Crippen LogP contribution in [-0.4, -0.2) is 45.1 Å². The summed E-state index contributed by atoms with van der Waals surface area (Å²) < 4.78 is 30.8. The van der Waals surface area contributed by atoms with E-state index in [4.69, 9.17) is 4.74 Å². The lowest BCUT2D eigenvalue weighted by atomic mass is 10.2. The number of hydrogen-bond donors (Lipinski definition) is 2. The molecule has 0 atom stereocenters. The number of carbonyl (C=O) groups is 1. The number of hydrazone groups is 1. The first-order valence-electron chi connectivity index (χ1n) is 8.11. The smallest absolute Gasteiger partial charge is 0.260 e. The lowest BCUT2D eigenvalue weighted by Crippen LogP contribution is -2.40. The van der Waals surface area contributed by atoms with Gasteiger partial charge < -0.3 is 9.84 Å². The van der Waals surface area contributed by atoms with E-state index in [0.29, 0.717) is 17.0 Å². The van der Waals surface area contributed by atoms with Crippen molar-refractivity contribution < 1.29 is 23.1 Å². The van der Waals surface area contributed by atoms with E-state index in [9.17, 15) is 18.3 Å². The summed E-state index contributed by atoms with van der Waals surface area (Å²) in [7, 11) is -2.17. The summed E-state index contributed by atoms with van der Waals surface area (Å²) in [5.41, 5.74) is 3.03. The molecular weight excluding hydrogens is 370 g/mol. The van der Waals surface area contributed by atoms with Crippen LogP contribution in [0.5, 0.6) is 11.5 Å². The fourth-order valence-corrected chi connectivity index (χ4v) is 3.26. The van der Waals surface area contributed by atoms with Crippen molar-refractivity contribution in [3.05, 3.63) is 54.1 Å². The van der Waals surface area contributed by atoms with Gasteiger partial charge >= 0.3 is 0 Å². The summed E-state index contributed by atoms with van der Waals surface area (Å²) in [6, 6.07) is 12.8. The number of para-hydroxylation sites is 1. The minimum Gasteiger partial charge on any atom is -0.507 e. The predicted molar refractivity (Wildman–Crippen MR) is 104 cm³/mol. The van der Waals surface area contributed by atoms with E-state index in [1.165, 1.54) is 26.3 Å². The second-order valence-corrected chi connectivity index (χ2v) is 7.64. The van der Waals surface area contributed by atoms with Crippen LogP contribution in [-0.2, 0) is 14.8 Å². The van der Waals surface area contributed by atoms with Crippen LogP contribution in [0.15, 0.2) is 53.6 Å². The molecule has 0 spiro atoms. The van der Waals surface area contributed by atoms with Crippen molar-refractivity contribution >= 4 is 27.8 Å². The molecule has 144 valence electrons. The zero-order valence-electron chi connectivity index (χ0n) is 15.0. The first-order valence-corrected chi connectivity index (χ1v) is 9.72. The zero-order chi connectivity index (χ0) is 19.9. The molecule has 0 saturated heterocycles. The Bertz CT molecular complexity index is 911. The van der Waals surface area contributed by atoms with Crippen LogP contribution in [0.4, 0.5) is 5.69 Å². The first-order chi connectivity index (χ1) is 12.9. The summed E-state index contributed by atoms with van der Waals surface area (Å²) in [4.78, 5) is 12.2. The number of carbonyl (C=O) groups excluding carboxylic acids is 1. The molecule has 0 radical (unpaired) electrons. The number of amides is 1. The number of phenolic OH excluding ortho intramolecular Hbond substituents is 1. The Labute approximate surface area is 158 Å². The zero-order valence-corrected chi connectivity index (χ0v) is 15.8. The largest absolute Gasteiger partial charge is 0.507 e. The maximum Gasteiger partial charge on any atom is 0.260 e. The molecule has 2 aromatic rings. The van der Waals surface area contributed by atoms with Crippen LogP contribution in [0, 0.1) is 0 Å². The first kappa shape index (κ1) is 20.2. The van der Waals surface area contributed by atoms with Crippen LogP contribution in [0.1, 0.15) is 12.5 Å². The lowest BCUT2D eigenvalue weighted by molar-refractivity contribution is -0.119. The highest BCUT2D eigenvalue weighted by molar-refractivity contribution is 7.92. The number of nitrogens with one attached hydrogen (secondary N) is 1. The molecule has 1 amide bonds. The molecule has 2 aromatic carbocycles. The molecular formula is C18H21N3O5S. The third kappa shape index (κ3) is 5.45. The van der Waals surface area contributed by atoms with Crippen molar-refractivity contribution in [3.8, 4) is 11.5 Å². The molecule has 0 aliphatic rings. The quantitative estimate of drug-likeness (QED) is 0.526. The standard InChI is InChI=1S/C18H21N3O5S/c1-3-27(24,25)21(15-8-10-16(26-2)11-9-15)13-18(23)20-19-12-14-6-4-5-7-17(14)22/h4-12,22H,3,13H2,1-2H3,(H,20,23)/b19-12-. The number of methoxy groups -OCH3 is 1. The van der Waals surface area contributed by atoms with Crippen LogP contribution >= 0.6 is 0 Å². The Kier molecular flexibility index (Phi) is 6.78. The molecule has 0 fully saturated rings. The highest BCUT2D eigenvalue weighted by Gasteiger charge is 2.23. The predicted octanol–water partition coefficient (Wildman–Crippen LogP) is 1.71. The van der Waals surface area contributed by atoms with Crippen molar-refractivity contribution in [1.82, 2.24) is 5.43 Å². The molecule has 27 heavy (non-hydrogen) atoms. The van der Waals surface area contributed by atoms with Crippen LogP contribution in [0.25, 0.3) is 0 Å². The fourth-order valence-electron chi connectivity index (χ4n) is 2.19. The van der Waals surface area contributed by atoms with Gasteiger partial charge in [-0.1, -0.05) is 12.1 Å². The van der Waals surface area contributed by atoms with E-state index in [1.54, 1.807) is 42.5 Å². The van der Waals surface area contributed by atoms with E-state index in [0.717, 1.165) is 4.31 Å². The lowest BCUT2D eigenvalue weighted by Gasteiger charge is -2.23. The van der Waals surface area contributed by atoms with E-state index < -0.39 is 22.5 Å². The molecule has 0 unspecified atom stereocenters. The van der Waals surface area contributed by atoms with Gasteiger partial charge in [0.15, 0.2) is 0 Å². The second-order valence-electron chi connectivity index (χ2n) is 5.46. The summed E-state index contributed by atoms with van der Waals surface area (Å²) >= 11 is 0. The number of anilines is 1. The van der Waals surface area contributed by atoms with Crippen molar-refractivity contribution in [2.75, 3.05) is 23.7 Å². The van der Waals surface area contributed by atoms with Crippen molar-refractivity contribution in [2.45, 2.75) is 6.92 Å². The SMILES string of the molecule is CCS(=O)(=O)N(CC(=O)N/N=C\c1ccccc1O)c1ccc(OC)cc1. The van der Waals surface area contributed by atoms with Crippen molar-refractivity contribution in [1.29, 1.82) is 0 Å². The molecule has 0 saturated carbocycles. The minimum atomic E-state index is -3.67. The molecule has 2 N–H and O–H groups in total. The molecule has 0 aliphatic carbocycles. The van der Waals surface area contributed by atoms with Crippen LogP contribution in [0.3, 0.4) is 0 Å². The van der Waals surface area contributed by atoms with Crippen LogP contribution < -0.4 is 14.5 Å². The number of rotatable bonds is 8. The van der Waals surface area contributed by atoms with Gasteiger partial charge in [0.1, 0.15) is 18.0 Å². The Morgan fingerprint density at radius 2 is 1.89 bits per heavy atom. The fraction of sp³-hybridized carbons (Fsp3) is 0.222. The van der Waals surface area contributed by atoms with Gasteiger partial charge in [-0.25, -0.2) is 13.8 Å². The molecule has 0 heterocycles. The molecule has 8 nitrogen and oxygen atoms in total. The normalized spacial score (nSPS) is 11.3. The van der Waals surface area contributed by atoms with Crippen molar-refractivity contribution in [2.24, 2.45) is 5.10 Å². The number of aromatic hydroxyl groups is 1. The third-order valence-electron chi connectivity index (χ3n) is 3.68. The summed E-state index contributed by atoms with van der Waals surface area (Å²) in [5, 5.41) is 13.4. The minimum absolute atomic E-state index is 0.0175. The average Bonchev–Trinajstić information content (AvgIpc) is 2.67. The van der Waals surface area contributed by atoms with Gasteiger partial charge in [0, 0.05) is 5.56 Å². The van der Waals surface area contributed by atoms with E-state index in [2.05, 4.69) is 10.5 Å². The molecule has 0 aliphatic heterocycles. The Hall–Kier alpha value is -3.07. The Morgan fingerprint density at radius 1 is 1.22 bits per heavy atom. The Balaban J connectivity index is 2.12. The van der Waals surface area contributed by atoms with Gasteiger partial charge in [-0.3, -0.25) is 9.10 Å². The maximum absolute atomic E-state index is 12.4. The van der Waals surface area contributed by atoms with Crippen LogP contribution in [0.2, 0.25) is 0 Å². The number of phenols is 1. The molecule has 9 heteroatoms. The number of sulfonamides is 1. The number of nitrogens with zero attached hydrogens (tertiary/aromatic N) is 2. The van der Waals surface area contributed by atoms with E-state index in [-0.39, 0.29) is 11.5 Å². The van der Waals surface area contributed by atoms with E-state index >= 15 is 0 Å². The number of ether oxygens (including phenoxy) is 1. The van der Waals surface area contributed by atoms with Crippen molar-refractivity contribution in [3.63, 3.8) is 0 Å².